The molecular weight excluding hydrogens is 637 g/mol. The maximum Gasteiger partial charge on any atom is 0.0773 e. The van der Waals surface area contributed by atoms with E-state index in [1.54, 1.807) is 0 Å². The second kappa shape index (κ2) is 12.5. The number of anilines is 4. The lowest BCUT2D eigenvalue weighted by Crippen LogP contribution is -2.31. The minimum atomic E-state index is -0.00623. The molecule has 0 saturated heterocycles. The minimum absolute atomic E-state index is 0.00623. The molecule has 2 aliphatic rings. The zero-order valence-electron chi connectivity index (χ0n) is 28.9. The fourth-order valence-electron chi connectivity index (χ4n) is 7.89. The first-order valence-electron chi connectivity index (χ1n) is 17.6. The highest BCUT2D eigenvalue weighted by molar-refractivity contribution is 7.26. The summed E-state index contributed by atoms with van der Waals surface area (Å²) in [5, 5.41) is 7.59. The summed E-state index contributed by atoms with van der Waals surface area (Å²) in [6.07, 6.45) is 16.0. The molecule has 0 radical (unpaired) electrons. The Kier molecular flexibility index (Phi) is 7.60. The number of fused-ring (bicyclic) bond motifs is 7. The maximum absolute atomic E-state index is 4.52. The second-order valence-electron chi connectivity index (χ2n) is 13.7. The summed E-state index contributed by atoms with van der Waals surface area (Å²) in [7, 11) is 0. The average Bonchev–Trinajstić information content (AvgIpc) is 3.52. The van der Waals surface area contributed by atoms with Crippen LogP contribution >= 0.6 is 11.3 Å². The van der Waals surface area contributed by atoms with Crippen molar-refractivity contribution >= 4 is 75.8 Å². The third kappa shape index (κ3) is 5.24. The molecule has 0 N–H and O–H groups in total. The highest BCUT2D eigenvalue weighted by Gasteiger charge is 2.27. The molecule has 1 atom stereocenters. The standard InChI is InChI=1S/C48H38N2S/c1-31-15-13-19-35(27-31)49(41-25-11-5-17-33(41)3)43-29-45-47(39-23-9-7-21-37(39)43)48-40-24-10-8-22-38(40)44(30-46(48)51-45)50(36-20-14-16-32(2)28-36)42-26-12-6-18-34(42)4/h5-17,19-30,41H,3-4,18H2,1-2H3. The molecule has 0 aliphatic heterocycles. The second-order valence-corrected chi connectivity index (χ2v) is 14.7. The highest BCUT2D eigenvalue weighted by Crippen LogP contribution is 2.50. The van der Waals surface area contributed by atoms with Crippen LogP contribution in [0.15, 0.2) is 182 Å². The molecule has 3 heteroatoms. The van der Waals surface area contributed by atoms with E-state index < -0.39 is 0 Å². The van der Waals surface area contributed by atoms with Crippen molar-refractivity contribution in [2.24, 2.45) is 0 Å². The largest absolute Gasteiger partial charge is 0.330 e. The number of aryl methyl sites for hydroxylation is 2. The zero-order valence-corrected chi connectivity index (χ0v) is 29.8. The summed E-state index contributed by atoms with van der Waals surface area (Å²) < 4.78 is 2.54. The molecule has 51 heavy (non-hydrogen) atoms. The van der Waals surface area contributed by atoms with Gasteiger partial charge in [-0.15, -0.1) is 11.3 Å². The lowest BCUT2D eigenvalue weighted by atomic mass is 9.95. The Morgan fingerprint density at radius 2 is 1.24 bits per heavy atom. The topological polar surface area (TPSA) is 6.48 Å². The first kappa shape index (κ1) is 31.1. The first-order chi connectivity index (χ1) is 25.0. The Morgan fingerprint density at radius 1 is 0.627 bits per heavy atom. The van der Waals surface area contributed by atoms with Gasteiger partial charge in [-0.05, 0) is 95.8 Å². The monoisotopic (exact) mass is 674 g/mol. The minimum Gasteiger partial charge on any atom is -0.330 e. The van der Waals surface area contributed by atoms with Crippen molar-refractivity contribution in [1.29, 1.82) is 0 Å². The van der Waals surface area contributed by atoms with Crippen LogP contribution in [0.1, 0.15) is 17.5 Å². The van der Waals surface area contributed by atoms with E-state index in [0.29, 0.717) is 0 Å². The van der Waals surface area contributed by atoms with Gasteiger partial charge in [0.05, 0.1) is 17.4 Å². The first-order valence-corrected chi connectivity index (χ1v) is 18.4. The third-order valence-corrected chi connectivity index (χ3v) is 11.3. The van der Waals surface area contributed by atoms with Gasteiger partial charge in [0.2, 0.25) is 0 Å². The summed E-state index contributed by atoms with van der Waals surface area (Å²) in [6, 6.07) is 40.3. The van der Waals surface area contributed by atoms with Crippen LogP contribution in [0.5, 0.6) is 0 Å². The Morgan fingerprint density at radius 3 is 1.88 bits per heavy atom. The van der Waals surface area contributed by atoms with E-state index in [9.17, 15) is 0 Å². The van der Waals surface area contributed by atoms with Crippen molar-refractivity contribution < 1.29 is 0 Å². The van der Waals surface area contributed by atoms with E-state index in [2.05, 4.69) is 189 Å². The quantitative estimate of drug-likeness (QED) is 0.173. The van der Waals surface area contributed by atoms with Crippen molar-refractivity contribution in [2.75, 3.05) is 9.80 Å². The fraction of sp³-hybridized carbons (Fsp3) is 0.0833. The number of thiophene rings is 1. The number of rotatable bonds is 6. The van der Waals surface area contributed by atoms with Gasteiger partial charge in [-0.25, -0.2) is 0 Å². The Bertz CT molecular complexity index is 2700. The summed E-state index contributed by atoms with van der Waals surface area (Å²) >= 11 is 1.88. The molecule has 2 nitrogen and oxygen atoms in total. The fourth-order valence-corrected chi connectivity index (χ4v) is 9.10. The number of allylic oxidation sites excluding steroid dienone is 6. The average molecular weight is 675 g/mol. The van der Waals surface area contributed by atoms with Crippen molar-refractivity contribution in [3.63, 3.8) is 0 Å². The number of hydrogen-bond acceptors (Lipinski definition) is 3. The molecule has 0 saturated carbocycles. The molecule has 0 bridgehead atoms. The molecule has 1 aromatic heterocycles. The van der Waals surface area contributed by atoms with E-state index >= 15 is 0 Å². The van der Waals surface area contributed by atoms with Gasteiger partial charge in [-0.2, -0.15) is 0 Å². The molecule has 2 aliphatic carbocycles. The van der Waals surface area contributed by atoms with E-state index in [1.165, 1.54) is 64.2 Å². The van der Waals surface area contributed by atoms with Crippen LogP contribution in [0, 0.1) is 13.8 Å². The molecule has 9 rings (SSSR count). The molecule has 1 unspecified atom stereocenters. The Labute approximate surface area is 303 Å². The third-order valence-electron chi connectivity index (χ3n) is 10.2. The number of hydrogen-bond donors (Lipinski definition) is 0. The lowest BCUT2D eigenvalue weighted by Gasteiger charge is -2.35. The van der Waals surface area contributed by atoms with Gasteiger partial charge in [0.1, 0.15) is 0 Å². The van der Waals surface area contributed by atoms with Gasteiger partial charge in [0.15, 0.2) is 0 Å². The van der Waals surface area contributed by atoms with Gasteiger partial charge in [-0.1, -0.05) is 122 Å². The molecule has 0 spiro atoms. The lowest BCUT2D eigenvalue weighted by molar-refractivity contribution is 0.909. The van der Waals surface area contributed by atoms with Crippen LogP contribution < -0.4 is 9.80 Å². The highest BCUT2D eigenvalue weighted by atomic mass is 32.1. The van der Waals surface area contributed by atoms with E-state index in [4.69, 9.17) is 0 Å². The van der Waals surface area contributed by atoms with Crippen LogP contribution in [0.2, 0.25) is 0 Å². The number of nitrogens with zero attached hydrogens (tertiary/aromatic N) is 2. The van der Waals surface area contributed by atoms with E-state index in [-0.39, 0.29) is 6.04 Å². The van der Waals surface area contributed by atoms with Crippen LogP contribution in [-0.4, -0.2) is 6.04 Å². The Hall–Kier alpha value is -5.90. The normalized spacial score (nSPS) is 15.7. The van der Waals surface area contributed by atoms with Gasteiger partial charge in [0, 0.05) is 48.0 Å². The van der Waals surface area contributed by atoms with Gasteiger partial charge >= 0.3 is 0 Å². The van der Waals surface area contributed by atoms with Crippen molar-refractivity contribution in [1.82, 2.24) is 0 Å². The molecule has 0 amide bonds. The molecule has 6 aromatic carbocycles. The SMILES string of the molecule is C=C1CC=CC=C1N(c1cccc(C)c1)c1cc2sc3cc(N(c4cccc(C)c4)C4C=CC=CC4=C)c4ccccc4c3c2c2ccccc12. The summed E-state index contributed by atoms with van der Waals surface area (Å²) in [4.78, 5) is 4.89. The van der Waals surface area contributed by atoms with E-state index in [0.717, 1.165) is 34.6 Å². The molecule has 7 aromatic rings. The van der Waals surface area contributed by atoms with Gasteiger partial charge in [-0.3, -0.25) is 0 Å². The van der Waals surface area contributed by atoms with Crippen LogP contribution in [0.4, 0.5) is 22.7 Å². The van der Waals surface area contributed by atoms with Crippen molar-refractivity contribution in [2.45, 2.75) is 26.3 Å². The van der Waals surface area contributed by atoms with Gasteiger partial charge < -0.3 is 9.80 Å². The Balaban J connectivity index is 1.36. The predicted molar refractivity (Wildman–Crippen MR) is 223 cm³/mol. The van der Waals surface area contributed by atoms with Crippen LogP contribution in [-0.2, 0) is 0 Å². The maximum atomic E-state index is 4.52. The molecule has 1 heterocycles. The summed E-state index contributed by atoms with van der Waals surface area (Å²) in [5.74, 6) is 0. The van der Waals surface area contributed by atoms with Crippen molar-refractivity contribution in [3.8, 4) is 0 Å². The van der Waals surface area contributed by atoms with Crippen LogP contribution in [0.25, 0.3) is 41.7 Å². The molecular formula is C48H38N2S. The smallest absolute Gasteiger partial charge is 0.0773 e. The van der Waals surface area contributed by atoms with E-state index in [1.807, 2.05) is 11.3 Å². The van der Waals surface area contributed by atoms with Gasteiger partial charge in [0.25, 0.3) is 0 Å². The summed E-state index contributed by atoms with van der Waals surface area (Å²) in [5.41, 5.74) is 10.4. The summed E-state index contributed by atoms with van der Waals surface area (Å²) in [6.45, 7) is 13.4. The zero-order chi connectivity index (χ0) is 34.6. The molecule has 0 fully saturated rings. The van der Waals surface area contributed by atoms with Crippen molar-refractivity contribution in [3.05, 3.63) is 193 Å². The number of benzene rings is 6. The predicted octanol–water partition coefficient (Wildman–Crippen LogP) is 13.7. The van der Waals surface area contributed by atoms with Crippen LogP contribution in [0.3, 0.4) is 0 Å². The molecule has 246 valence electrons.